The standard InChI is InChI=1S/C12H13BrFN3O2/c1-19-5-4-17-10(11(15)16-12(17)18)8-3-2-7(14)6-9(8)13/h2-3,6,10H,4-5H2,1H3,(H2,15,16,18). The van der Waals surface area contributed by atoms with Gasteiger partial charge in [0.05, 0.1) is 6.61 Å². The molecule has 1 aromatic rings. The van der Waals surface area contributed by atoms with Crippen molar-refractivity contribution in [1.82, 2.24) is 4.90 Å². The predicted molar refractivity (Wildman–Crippen MR) is 72.4 cm³/mol. The van der Waals surface area contributed by atoms with Crippen LogP contribution < -0.4 is 5.73 Å². The first-order chi connectivity index (χ1) is 9.04. The van der Waals surface area contributed by atoms with Crippen LogP contribution in [-0.4, -0.2) is 37.0 Å². The summed E-state index contributed by atoms with van der Waals surface area (Å²) in [7, 11) is 1.55. The minimum atomic E-state index is -0.488. The number of hydrogen-bond acceptors (Lipinski definition) is 3. The van der Waals surface area contributed by atoms with Crippen LogP contribution in [-0.2, 0) is 4.74 Å². The number of benzene rings is 1. The van der Waals surface area contributed by atoms with Crippen molar-refractivity contribution in [2.24, 2.45) is 10.7 Å². The summed E-state index contributed by atoms with van der Waals surface area (Å²) in [5, 5.41) is 0. The molecule has 0 spiro atoms. The van der Waals surface area contributed by atoms with Gasteiger partial charge in [0.25, 0.3) is 0 Å². The number of urea groups is 1. The second-order valence-electron chi connectivity index (χ2n) is 4.07. The lowest BCUT2D eigenvalue weighted by molar-refractivity contribution is 0.150. The van der Waals surface area contributed by atoms with E-state index in [0.29, 0.717) is 23.2 Å². The molecular weight excluding hydrogens is 317 g/mol. The summed E-state index contributed by atoms with van der Waals surface area (Å²) in [5.41, 5.74) is 6.50. The summed E-state index contributed by atoms with van der Waals surface area (Å²) in [6.45, 7) is 0.748. The molecule has 1 atom stereocenters. The number of carbonyl (C=O) groups is 1. The molecule has 19 heavy (non-hydrogen) atoms. The lowest BCUT2D eigenvalue weighted by Crippen LogP contribution is -2.35. The summed E-state index contributed by atoms with van der Waals surface area (Å²) in [6.07, 6.45) is 0. The number of hydrogen-bond donors (Lipinski definition) is 1. The summed E-state index contributed by atoms with van der Waals surface area (Å²) >= 11 is 3.28. The van der Waals surface area contributed by atoms with E-state index in [1.807, 2.05) is 0 Å². The topological polar surface area (TPSA) is 67.9 Å². The highest BCUT2D eigenvalue weighted by Gasteiger charge is 2.35. The van der Waals surface area contributed by atoms with E-state index in [9.17, 15) is 9.18 Å². The zero-order valence-electron chi connectivity index (χ0n) is 10.3. The van der Waals surface area contributed by atoms with Crippen LogP contribution >= 0.6 is 15.9 Å². The Hall–Kier alpha value is -1.47. The van der Waals surface area contributed by atoms with Crippen LogP contribution in [0.2, 0.25) is 0 Å². The summed E-state index contributed by atoms with van der Waals surface area (Å²) in [4.78, 5) is 17.0. The van der Waals surface area contributed by atoms with Gasteiger partial charge < -0.3 is 15.4 Å². The zero-order valence-corrected chi connectivity index (χ0v) is 11.9. The molecule has 1 aliphatic rings. The third-order valence-electron chi connectivity index (χ3n) is 2.86. The van der Waals surface area contributed by atoms with Crippen LogP contribution in [0.5, 0.6) is 0 Å². The maximum absolute atomic E-state index is 13.1. The molecule has 102 valence electrons. The smallest absolute Gasteiger partial charge is 0.346 e. The van der Waals surface area contributed by atoms with Crippen molar-refractivity contribution in [2.75, 3.05) is 20.3 Å². The Labute approximate surface area is 118 Å². The molecule has 0 saturated heterocycles. The first-order valence-corrected chi connectivity index (χ1v) is 6.42. The number of rotatable bonds is 4. The lowest BCUT2D eigenvalue weighted by Gasteiger charge is -2.25. The minimum absolute atomic E-state index is 0.202. The second kappa shape index (κ2) is 5.66. The van der Waals surface area contributed by atoms with Gasteiger partial charge in [-0.1, -0.05) is 22.0 Å². The van der Waals surface area contributed by atoms with Crippen molar-refractivity contribution >= 4 is 27.8 Å². The molecule has 1 heterocycles. The van der Waals surface area contributed by atoms with E-state index < -0.39 is 12.1 Å². The molecule has 0 aromatic heterocycles. The molecule has 0 bridgehead atoms. The van der Waals surface area contributed by atoms with Gasteiger partial charge in [0, 0.05) is 18.1 Å². The third-order valence-corrected chi connectivity index (χ3v) is 3.54. The highest BCUT2D eigenvalue weighted by atomic mass is 79.9. The molecule has 2 amide bonds. The minimum Gasteiger partial charge on any atom is -0.385 e. The predicted octanol–water partition coefficient (Wildman–Crippen LogP) is 2.07. The SMILES string of the molecule is COCCN1C(=O)N=C(N)C1c1ccc(F)cc1Br. The summed E-state index contributed by atoms with van der Waals surface area (Å²) < 4.78 is 18.6. The van der Waals surface area contributed by atoms with Gasteiger partial charge >= 0.3 is 6.03 Å². The molecule has 0 aliphatic carbocycles. The van der Waals surface area contributed by atoms with Crippen molar-refractivity contribution in [1.29, 1.82) is 0 Å². The van der Waals surface area contributed by atoms with Crippen molar-refractivity contribution in [3.05, 3.63) is 34.1 Å². The van der Waals surface area contributed by atoms with Crippen LogP contribution in [0.3, 0.4) is 0 Å². The average molecular weight is 330 g/mol. The molecule has 0 radical (unpaired) electrons. The van der Waals surface area contributed by atoms with Gasteiger partial charge in [0.15, 0.2) is 0 Å². The van der Waals surface area contributed by atoms with Gasteiger partial charge in [-0.05, 0) is 17.7 Å². The van der Waals surface area contributed by atoms with Gasteiger partial charge in [-0.2, -0.15) is 4.99 Å². The maximum Gasteiger partial charge on any atom is 0.346 e. The third kappa shape index (κ3) is 2.76. The van der Waals surface area contributed by atoms with Gasteiger partial charge in [-0.25, -0.2) is 9.18 Å². The lowest BCUT2D eigenvalue weighted by atomic mass is 10.1. The number of carbonyl (C=O) groups excluding carboxylic acids is 1. The van der Waals surface area contributed by atoms with Gasteiger partial charge in [-0.15, -0.1) is 0 Å². The average Bonchev–Trinajstić information content (AvgIpc) is 2.62. The maximum atomic E-state index is 13.1. The quantitative estimate of drug-likeness (QED) is 0.919. The van der Waals surface area contributed by atoms with Crippen LogP contribution in [0.15, 0.2) is 27.7 Å². The molecule has 2 rings (SSSR count). The van der Waals surface area contributed by atoms with Crippen molar-refractivity contribution in [2.45, 2.75) is 6.04 Å². The molecule has 5 nitrogen and oxygen atoms in total. The molecule has 0 fully saturated rings. The van der Waals surface area contributed by atoms with Gasteiger partial charge in [-0.3, -0.25) is 0 Å². The van der Waals surface area contributed by atoms with E-state index in [4.69, 9.17) is 10.5 Å². The van der Waals surface area contributed by atoms with E-state index in [1.54, 1.807) is 13.2 Å². The van der Waals surface area contributed by atoms with Crippen molar-refractivity contribution < 1.29 is 13.9 Å². The van der Waals surface area contributed by atoms with Crippen LogP contribution in [0.25, 0.3) is 0 Å². The van der Waals surface area contributed by atoms with E-state index in [2.05, 4.69) is 20.9 Å². The van der Waals surface area contributed by atoms with Gasteiger partial charge in [0.2, 0.25) is 0 Å². The second-order valence-corrected chi connectivity index (χ2v) is 4.93. The normalized spacial score (nSPS) is 18.9. The molecule has 1 unspecified atom stereocenters. The highest BCUT2D eigenvalue weighted by Crippen LogP contribution is 2.32. The molecule has 7 heteroatoms. The first-order valence-electron chi connectivity index (χ1n) is 5.63. The van der Waals surface area contributed by atoms with E-state index in [1.165, 1.54) is 17.0 Å². The number of halogens is 2. The molecule has 0 saturated carbocycles. The first kappa shape index (κ1) is 14.0. The van der Waals surface area contributed by atoms with Crippen LogP contribution in [0.1, 0.15) is 11.6 Å². The number of amidine groups is 1. The number of aliphatic imine (C=N–C) groups is 1. The Bertz CT molecular complexity index is 536. The number of nitrogens with two attached hydrogens (primary N) is 1. The largest absolute Gasteiger partial charge is 0.385 e. The number of amides is 2. The Kier molecular flexibility index (Phi) is 4.16. The fourth-order valence-electron chi connectivity index (χ4n) is 1.97. The van der Waals surface area contributed by atoms with E-state index >= 15 is 0 Å². The van der Waals surface area contributed by atoms with Gasteiger partial charge in [0.1, 0.15) is 17.7 Å². The fourth-order valence-corrected chi connectivity index (χ4v) is 2.54. The fraction of sp³-hybridized carbons (Fsp3) is 0.333. The number of ether oxygens (including phenoxy) is 1. The van der Waals surface area contributed by atoms with E-state index in [-0.39, 0.29) is 11.7 Å². The molecule has 2 N–H and O–H groups in total. The van der Waals surface area contributed by atoms with Crippen molar-refractivity contribution in [3.63, 3.8) is 0 Å². The van der Waals surface area contributed by atoms with Crippen molar-refractivity contribution in [3.8, 4) is 0 Å². The Morgan fingerprint density at radius 1 is 1.58 bits per heavy atom. The number of methoxy groups -OCH3 is 1. The monoisotopic (exact) mass is 329 g/mol. The number of nitrogens with zero attached hydrogens (tertiary/aromatic N) is 2. The highest BCUT2D eigenvalue weighted by molar-refractivity contribution is 9.10. The molecule has 1 aliphatic heterocycles. The Morgan fingerprint density at radius 3 is 2.95 bits per heavy atom. The van der Waals surface area contributed by atoms with Crippen LogP contribution in [0, 0.1) is 5.82 Å². The molecule has 1 aromatic carbocycles. The Morgan fingerprint density at radius 2 is 2.32 bits per heavy atom. The van der Waals surface area contributed by atoms with E-state index in [0.717, 1.165) is 0 Å². The van der Waals surface area contributed by atoms with Crippen LogP contribution in [0.4, 0.5) is 9.18 Å². The summed E-state index contributed by atoms with van der Waals surface area (Å²) in [6, 6.07) is 3.35. The zero-order chi connectivity index (χ0) is 14.0. The Balaban J connectivity index is 2.34. The summed E-state index contributed by atoms with van der Waals surface area (Å²) in [5.74, 6) is -0.160. The molecular formula is C12H13BrFN3O2.